The van der Waals surface area contributed by atoms with Crippen LogP contribution >= 0.6 is 22.9 Å². The molecule has 190 valence electrons. The lowest BCUT2D eigenvalue weighted by molar-refractivity contribution is -0.118. The van der Waals surface area contributed by atoms with Crippen LogP contribution in [0, 0.1) is 0 Å². The topological polar surface area (TPSA) is 88.3 Å². The highest BCUT2D eigenvalue weighted by Crippen LogP contribution is 2.35. The van der Waals surface area contributed by atoms with E-state index in [0.29, 0.717) is 38.4 Å². The predicted molar refractivity (Wildman–Crippen MR) is 150 cm³/mol. The van der Waals surface area contributed by atoms with Gasteiger partial charge in [0.15, 0.2) is 12.3 Å². The highest BCUT2D eigenvalue weighted by atomic mass is 35.5. The van der Waals surface area contributed by atoms with Gasteiger partial charge in [0.05, 0.1) is 27.8 Å². The minimum atomic E-state index is -0.218. The zero-order chi connectivity index (χ0) is 26.4. The summed E-state index contributed by atoms with van der Waals surface area (Å²) in [4.78, 5) is 32.6. The Morgan fingerprint density at radius 3 is 2.66 bits per heavy atom. The molecule has 10 heteroatoms. The number of amides is 2. The van der Waals surface area contributed by atoms with E-state index in [0.717, 1.165) is 16.8 Å². The maximum atomic E-state index is 13.6. The van der Waals surface area contributed by atoms with E-state index in [1.165, 1.54) is 11.3 Å². The second-order valence-corrected chi connectivity index (χ2v) is 10.3. The number of aromatic nitrogens is 1. The van der Waals surface area contributed by atoms with Gasteiger partial charge in [0, 0.05) is 22.5 Å². The van der Waals surface area contributed by atoms with Crippen molar-refractivity contribution in [1.82, 2.24) is 4.68 Å². The second-order valence-electron chi connectivity index (χ2n) is 9.06. The Hall–Kier alpha value is -4.21. The number of hydrogen-bond acceptors (Lipinski definition) is 6. The number of benzene rings is 3. The average Bonchev–Trinajstić information content (AvgIpc) is 3.43. The van der Waals surface area contributed by atoms with E-state index in [1.807, 2.05) is 73.8 Å². The van der Waals surface area contributed by atoms with Crippen LogP contribution < -0.4 is 19.8 Å². The molecule has 0 bridgehead atoms. The van der Waals surface area contributed by atoms with E-state index in [-0.39, 0.29) is 24.5 Å². The number of rotatable bonds is 4. The molecule has 0 radical (unpaired) electrons. The van der Waals surface area contributed by atoms with Crippen molar-refractivity contribution in [2.45, 2.75) is 19.9 Å². The van der Waals surface area contributed by atoms with E-state index in [1.54, 1.807) is 21.7 Å². The van der Waals surface area contributed by atoms with Gasteiger partial charge in [-0.3, -0.25) is 9.59 Å². The number of para-hydroxylation sites is 2. The molecule has 0 atom stereocenters. The average molecular weight is 544 g/mol. The minimum Gasteiger partial charge on any atom is -0.482 e. The summed E-state index contributed by atoms with van der Waals surface area (Å²) in [6.45, 7) is 3.93. The molecule has 4 aromatic rings. The molecule has 3 heterocycles. The molecule has 0 fully saturated rings. The molecular weight excluding hydrogens is 522 g/mol. The molecule has 0 saturated heterocycles. The Kier molecular flexibility index (Phi) is 6.09. The van der Waals surface area contributed by atoms with E-state index >= 15 is 0 Å². The lowest BCUT2D eigenvalue weighted by Crippen LogP contribution is -2.36. The van der Waals surface area contributed by atoms with Crippen molar-refractivity contribution in [3.63, 3.8) is 0 Å². The lowest BCUT2D eigenvalue weighted by atomic mass is 10.1. The number of nitrogens with one attached hydrogen (secondary N) is 1. The molecule has 2 aliphatic heterocycles. The molecule has 3 aromatic carbocycles. The van der Waals surface area contributed by atoms with Crippen molar-refractivity contribution in [2.24, 2.45) is 10.1 Å². The number of thiazole rings is 1. The van der Waals surface area contributed by atoms with Crippen LogP contribution in [-0.2, 0) is 9.59 Å². The number of ether oxygens (including phenoxy) is 1. The summed E-state index contributed by atoms with van der Waals surface area (Å²) >= 11 is 7.78. The largest absolute Gasteiger partial charge is 0.482 e. The summed E-state index contributed by atoms with van der Waals surface area (Å²) < 4.78 is 7.18. The van der Waals surface area contributed by atoms with Crippen molar-refractivity contribution < 1.29 is 14.3 Å². The number of hydrogen-bond donors (Lipinski definition) is 1. The Balaban J connectivity index is 1.57. The number of carbonyl (C=O) groups is 2. The SMILES string of the molecule is CC(C)N1C(=O)C(=Nn2c(-c3ccc4c(c3)NC(=O)CO4)csc2=Nc2ccccc2Cl)c2ccccc21. The van der Waals surface area contributed by atoms with Crippen LogP contribution in [0.1, 0.15) is 19.4 Å². The van der Waals surface area contributed by atoms with Gasteiger partial charge in [-0.25, -0.2) is 9.67 Å². The normalized spacial score (nSPS) is 16.1. The summed E-state index contributed by atoms with van der Waals surface area (Å²) in [6.07, 6.45) is 0. The standard InChI is InChI=1S/C28H22ClN5O3S/c1-16(2)33-22-10-6-3-7-18(22)26(27(33)36)32-34-23(15-38-28(34)31-20-9-5-4-8-19(20)29)17-11-12-24-21(13-17)30-25(35)14-37-24/h3-13,15-16H,14H2,1-2H3,(H,30,35). The van der Waals surface area contributed by atoms with Crippen LogP contribution in [-0.4, -0.2) is 34.9 Å². The van der Waals surface area contributed by atoms with E-state index in [9.17, 15) is 9.59 Å². The smallest absolute Gasteiger partial charge is 0.279 e. The van der Waals surface area contributed by atoms with Crippen molar-refractivity contribution in [1.29, 1.82) is 0 Å². The van der Waals surface area contributed by atoms with Crippen molar-refractivity contribution >= 4 is 57.5 Å². The van der Waals surface area contributed by atoms with Crippen molar-refractivity contribution in [2.75, 3.05) is 16.8 Å². The highest BCUT2D eigenvalue weighted by molar-refractivity contribution is 7.07. The first-order chi connectivity index (χ1) is 18.4. The first kappa shape index (κ1) is 24.1. The molecule has 0 spiro atoms. The van der Waals surface area contributed by atoms with Crippen LogP contribution in [0.4, 0.5) is 17.1 Å². The number of nitrogens with zero attached hydrogens (tertiary/aromatic N) is 4. The van der Waals surface area contributed by atoms with Crippen molar-refractivity contribution in [3.8, 4) is 17.0 Å². The van der Waals surface area contributed by atoms with Gasteiger partial charge in [-0.05, 0) is 50.2 Å². The highest BCUT2D eigenvalue weighted by Gasteiger charge is 2.35. The summed E-state index contributed by atoms with van der Waals surface area (Å²) in [7, 11) is 0. The second kappa shape index (κ2) is 9.59. The number of fused-ring (bicyclic) bond motifs is 2. The van der Waals surface area contributed by atoms with Gasteiger partial charge in [-0.15, -0.1) is 11.3 Å². The molecule has 2 aliphatic rings. The third-order valence-electron chi connectivity index (χ3n) is 6.22. The molecule has 0 aliphatic carbocycles. The van der Waals surface area contributed by atoms with Crippen LogP contribution in [0.5, 0.6) is 5.75 Å². The van der Waals surface area contributed by atoms with Gasteiger partial charge in [-0.2, -0.15) is 5.10 Å². The first-order valence-corrected chi connectivity index (χ1v) is 13.3. The van der Waals surface area contributed by atoms with Gasteiger partial charge < -0.3 is 15.0 Å². The third-order valence-corrected chi connectivity index (χ3v) is 7.35. The number of anilines is 2. The fraction of sp³-hybridized carbons (Fsp3) is 0.143. The first-order valence-electron chi connectivity index (χ1n) is 12.0. The van der Waals surface area contributed by atoms with E-state index in [4.69, 9.17) is 26.4 Å². The Bertz CT molecular complexity index is 1700. The summed E-state index contributed by atoms with van der Waals surface area (Å²) in [5, 5.41) is 10.2. The fourth-order valence-corrected chi connectivity index (χ4v) is 5.51. The summed E-state index contributed by atoms with van der Waals surface area (Å²) in [5.41, 5.74) is 4.53. The van der Waals surface area contributed by atoms with Crippen LogP contribution in [0.2, 0.25) is 5.02 Å². The Morgan fingerprint density at radius 1 is 1.05 bits per heavy atom. The fourth-order valence-electron chi connectivity index (χ4n) is 4.49. The molecular formula is C28H22ClN5O3S. The molecule has 1 N–H and O–H groups in total. The number of halogens is 1. The van der Waals surface area contributed by atoms with Gasteiger partial charge in [-0.1, -0.05) is 41.9 Å². The van der Waals surface area contributed by atoms with Gasteiger partial charge in [0.1, 0.15) is 5.75 Å². The zero-order valence-corrected chi connectivity index (χ0v) is 22.1. The van der Waals surface area contributed by atoms with E-state index in [2.05, 4.69) is 5.32 Å². The molecule has 0 unspecified atom stereocenters. The van der Waals surface area contributed by atoms with Gasteiger partial charge >= 0.3 is 0 Å². The maximum Gasteiger partial charge on any atom is 0.279 e. The molecule has 1 aromatic heterocycles. The van der Waals surface area contributed by atoms with Gasteiger partial charge in [0.2, 0.25) is 4.80 Å². The van der Waals surface area contributed by atoms with Gasteiger partial charge in [0.25, 0.3) is 11.8 Å². The van der Waals surface area contributed by atoms with Crippen LogP contribution in [0.3, 0.4) is 0 Å². The zero-order valence-electron chi connectivity index (χ0n) is 20.5. The molecule has 0 saturated carbocycles. The summed E-state index contributed by atoms with van der Waals surface area (Å²) in [6, 6.07) is 20.4. The Labute approximate surface area is 227 Å². The van der Waals surface area contributed by atoms with Crippen LogP contribution in [0.25, 0.3) is 11.3 Å². The minimum absolute atomic E-state index is 0.0206. The summed E-state index contributed by atoms with van der Waals surface area (Å²) in [5.74, 6) is 0.194. The van der Waals surface area contributed by atoms with E-state index < -0.39 is 0 Å². The van der Waals surface area contributed by atoms with Crippen molar-refractivity contribution in [3.05, 3.63) is 87.5 Å². The molecule has 2 amide bonds. The predicted octanol–water partition coefficient (Wildman–Crippen LogP) is 5.44. The lowest BCUT2D eigenvalue weighted by Gasteiger charge is -2.21. The quantitative estimate of drug-likeness (QED) is 0.372. The maximum absolute atomic E-state index is 13.6. The number of carbonyl (C=O) groups excluding carboxylic acids is 2. The Morgan fingerprint density at radius 2 is 1.84 bits per heavy atom. The third kappa shape index (κ3) is 4.19. The van der Waals surface area contributed by atoms with Crippen LogP contribution in [0.15, 0.2) is 82.2 Å². The molecule has 38 heavy (non-hydrogen) atoms. The molecule has 6 rings (SSSR count). The monoisotopic (exact) mass is 543 g/mol. The molecule has 8 nitrogen and oxygen atoms in total.